The minimum Gasteiger partial charge on any atom is -0.480 e. The predicted octanol–water partition coefficient (Wildman–Crippen LogP) is -0.821. The van der Waals surface area contributed by atoms with Crippen molar-refractivity contribution in [2.75, 3.05) is 142 Å². The van der Waals surface area contributed by atoms with Gasteiger partial charge in [0.15, 0.2) is 0 Å². The van der Waals surface area contributed by atoms with Crippen LogP contribution in [0.15, 0.2) is 30.5 Å². The molecule has 27 heteroatoms. The van der Waals surface area contributed by atoms with Gasteiger partial charge in [-0.1, -0.05) is 0 Å². The summed E-state index contributed by atoms with van der Waals surface area (Å²) in [6.07, 6.45) is 0.983. The number of nitrogens with zero attached hydrogens (tertiary/aromatic N) is 9. The number of halogens is 3. The van der Waals surface area contributed by atoms with Crippen LogP contribution in [-0.4, -0.2) is 265 Å². The van der Waals surface area contributed by atoms with E-state index in [0.29, 0.717) is 55.1 Å². The van der Waals surface area contributed by atoms with E-state index in [-0.39, 0.29) is 96.3 Å². The zero-order chi connectivity index (χ0) is 52.0. The van der Waals surface area contributed by atoms with Gasteiger partial charge in [-0.25, -0.2) is 8.78 Å². The molecule has 0 bridgehead atoms. The number of likely N-dealkylation sites (tertiary alicyclic amines) is 1. The molecule has 3 amide bonds. The standard InChI is InChI=1S/C44H63F3N10O13S/c1-50(31-3-4-35-34(23-31)33(7-8-48-35)42(66)49-25-38(59)57-30-44(45,46)24-32(57)29-71(47,69)70)9-2-10-51-15-21-56(22-16-51)37(58)6-5-36(43(67)68)55-19-17-53(27-40(62)63)13-11-52(26-39(60)61)12-14-54(18-20-55)28-41(64)65/h3-4,7-8,23,32,36H,2,5-6,9-22,24-30H2,1H3,(H,49,66)(H,60,61)(H,62,63)(H,64,65)(H,67,68). The maximum atomic E-state index is 14.1. The molecule has 1 aromatic carbocycles. The minimum atomic E-state index is -5.16. The summed E-state index contributed by atoms with van der Waals surface area (Å²) in [6.45, 7) is 1.59. The van der Waals surface area contributed by atoms with Crippen LogP contribution in [0, 0.1) is 0 Å². The maximum absolute atomic E-state index is 14.1. The highest BCUT2D eigenvalue weighted by atomic mass is 32.3. The van der Waals surface area contributed by atoms with E-state index in [9.17, 15) is 75.1 Å². The number of amides is 3. The highest BCUT2D eigenvalue weighted by molar-refractivity contribution is 7.86. The number of anilines is 1. The molecule has 3 aliphatic rings. The first-order valence-electron chi connectivity index (χ1n) is 23.2. The lowest BCUT2D eigenvalue weighted by Crippen LogP contribution is -2.52. The summed E-state index contributed by atoms with van der Waals surface area (Å²) >= 11 is 0. The molecule has 5 N–H and O–H groups in total. The van der Waals surface area contributed by atoms with E-state index in [1.165, 1.54) is 12.3 Å². The summed E-state index contributed by atoms with van der Waals surface area (Å²) in [6, 6.07) is 4.02. The number of carboxylic acids is 4. The number of hydrogen-bond donors (Lipinski definition) is 5. The van der Waals surface area contributed by atoms with Crippen LogP contribution in [0.25, 0.3) is 10.9 Å². The van der Waals surface area contributed by atoms with Gasteiger partial charge in [-0.05, 0) is 43.7 Å². The molecule has 3 aliphatic heterocycles. The van der Waals surface area contributed by atoms with Crippen molar-refractivity contribution in [3.8, 4) is 0 Å². The van der Waals surface area contributed by atoms with Gasteiger partial charge in [0, 0.05) is 122 Å². The molecule has 2 atom stereocenters. The van der Waals surface area contributed by atoms with Crippen molar-refractivity contribution in [3.63, 3.8) is 0 Å². The Morgan fingerprint density at radius 2 is 1.34 bits per heavy atom. The molecule has 0 spiro atoms. The minimum absolute atomic E-state index is 0.0387. The molecule has 0 radical (unpaired) electrons. The molecule has 394 valence electrons. The zero-order valence-corrected chi connectivity index (χ0v) is 40.4. The lowest BCUT2D eigenvalue weighted by Gasteiger charge is -2.36. The Balaban J connectivity index is 1.11. The van der Waals surface area contributed by atoms with Crippen molar-refractivity contribution in [1.29, 1.82) is 0 Å². The number of alkyl halides is 2. The van der Waals surface area contributed by atoms with Crippen LogP contribution < -0.4 is 10.2 Å². The van der Waals surface area contributed by atoms with E-state index in [4.69, 9.17) is 0 Å². The summed E-state index contributed by atoms with van der Waals surface area (Å²) in [4.78, 5) is 104. The topological polar surface area (TPSA) is 285 Å². The molecular weight excluding hydrogens is 966 g/mol. The number of benzene rings is 1. The van der Waals surface area contributed by atoms with E-state index in [0.717, 1.165) is 12.1 Å². The van der Waals surface area contributed by atoms with Gasteiger partial charge in [0.05, 0.1) is 49.8 Å². The number of hydrogen-bond acceptors (Lipinski definition) is 16. The number of carbonyl (C=O) groups excluding carboxylic acids is 3. The van der Waals surface area contributed by atoms with E-state index in [2.05, 4.69) is 15.2 Å². The second-order valence-corrected chi connectivity index (χ2v) is 19.5. The third-order valence-electron chi connectivity index (χ3n) is 12.9. The molecule has 71 heavy (non-hydrogen) atoms. The Kier molecular flexibility index (Phi) is 20.2. The molecule has 3 saturated heterocycles. The smallest absolute Gasteiger partial charge is 0.320 e. The van der Waals surface area contributed by atoms with E-state index < -0.39 is 89.2 Å². The fourth-order valence-electron chi connectivity index (χ4n) is 9.17. The van der Waals surface area contributed by atoms with Crippen LogP contribution >= 0.6 is 0 Å². The lowest BCUT2D eigenvalue weighted by molar-refractivity contribution is -0.145. The summed E-state index contributed by atoms with van der Waals surface area (Å²) in [7, 11) is -3.29. The lowest BCUT2D eigenvalue weighted by atomic mass is 10.1. The molecule has 2 aromatic rings. The van der Waals surface area contributed by atoms with E-state index >= 15 is 0 Å². The number of carboxylic acid groups (broad SMARTS) is 4. The molecule has 3 fully saturated rings. The first-order valence-corrected chi connectivity index (χ1v) is 24.8. The Morgan fingerprint density at radius 1 is 0.789 bits per heavy atom. The fraction of sp³-hybridized carbons (Fsp3) is 0.636. The zero-order valence-electron chi connectivity index (χ0n) is 39.5. The molecule has 2 unspecified atom stereocenters. The summed E-state index contributed by atoms with van der Waals surface area (Å²) in [5.74, 6) is -11.1. The summed E-state index contributed by atoms with van der Waals surface area (Å²) in [5.41, 5.74) is 1.36. The maximum Gasteiger partial charge on any atom is 0.320 e. The van der Waals surface area contributed by atoms with Gasteiger partial charge in [-0.3, -0.25) is 63.0 Å². The van der Waals surface area contributed by atoms with Gasteiger partial charge in [-0.2, -0.15) is 8.42 Å². The molecule has 5 rings (SSSR count). The van der Waals surface area contributed by atoms with E-state index in [1.54, 1.807) is 36.6 Å². The van der Waals surface area contributed by atoms with Gasteiger partial charge in [-0.15, -0.1) is 3.89 Å². The van der Waals surface area contributed by atoms with Crippen molar-refractivity contribution in [3.05, 3.63) is 36.0 Å². The summed E-state index contributed by atoms with van der Waals surface area (Å²) in [5, 5.41) is 41.7. The number of aliphatic carboxylic acids is 4. The van der Waals surface area contributed by atoms with Crippen LogP contribution in [0.5, 0.6) is 0 Å². The number of nitrogens with one attached hydrogen (secondary N) is 1. The van der Waals surface area contributed by atoms with Crippen LogP contribution in [0.1, 0.15) is 36.0 Å². The fourth-order valence-corrected chi connectivity index (χ4v) is 9.92. The highest BCUT2D eigenvalue weighted by Crippen LogP contribution is 2.33. The third kappa shape index (κ3) is 17.8. The van der Waals surface area contributed by atoms with Crippen LogP contribution in [0.3, 0.4) is 0 Å². The van der Waals surface area contributed by atoms with Gasteiger partial charge in [0.2, 0.25) is 11.8 Å². The average Bonchev–Trinajstić information content (AvgIpc) is 3.59. The molecule has 0 saturated carbocycles. The third-order valence-corrected chi connectivity index (χ3v) is 13.7. The Morgan fingerprint density at radius 3 is 1.87 bits per heavy atom. The van der Waals surface area contributed by atoms with Gasteiger partial charge < -0.3 is 40.4 Å². The molecule has 4 heterocycles. The van der Waals surface area contributed by atoms with Crippen molar-refractivity contribution in [1.82, 2.24) is 44.6 Å². The first kappa shape index (κ1) is 56.2. The number of piperazine rings is 1. The second-order valence-electron chi connectivity index (χ2n) is 18.1. The van der Waals surface area contributed by atoms with Gasteiger partial charge >= 0.3 is 34.1 Å². The van der Waals surface area contributed by atoms with Crippen molar-refractivity contribution in [2.24, 2.45) is 0 Å². The van der Waals surface area contributed by atoms with Gasteiger partial charge in [0.25, 0.3) is 11.8 Å². The van der Waals surface area contributed by atoms with Crippen molar-refractivity contribution >= 4 is 68.4 Å². The molecule has 23 nitrogen and oxygen atoms in total. The second kappa shape index (κ2) is 25.6. The number of fused-ring (bicyclic) bond motifs is 1. The molecule has 1 aromatic heterocycles. The Hall–Kier alpha value is -5.74. The molecular formula is C44H63F3N10O13S. The molecule has 0 aliphatic carbocycles. The van der Waals surface area contributed by atoms with Gasteiger partial charge in [0.1, 0.15) is 11.8 Å². The largest absolute Gasteiger partial charge is 0.480 e. The SMILES string of the molecule is CN(CCCN1CCN(C(=O)CCC(C(=O)O)N2CCN(CC(=O)O)CCN(CC(=O)O)CCN(CC(=O)O)CC2)CC1)c1ccc2nccc(C(=O)NCC(=O)N3CC(F)(F)CC3CS(=O)(=O)F)c2c1. The normalized spacial score (nSPS) is 19.9. The average molecular weight is 1030 g/mol. The van der Waals surface area contributed by atoms with E-state index in [1.807, 2.05) is 18.0 Å². The first-order chi connectivity index (χ1) is 33.5. The highest BCUT2D eigenvalue weighted by Gasteiger charge is 2.48. The predicted molar refractivity (Wildman–Crippen MR) is 249 cm³/mol. The van der Waals surface area contributed by atoms with Crippen molar-refractivity contribution < 1.29 is 75.1 Å². The summed E-state index contributed by atoms with van der Waals surface area (Å²) < 4.78 is 63.9. The quantitative estimate of drug-likeness (QED) is 0.0955. The van der Waals surface area contributed by atoms with Crippen molar-refractivity contribution in [2.45, 2.75) is 43.7 Å². The number of aromatic nitrogens is 1. The van der Waals surface area contributed by atoms with Crippen LogP contribution in [0.4, 0.5) is 18.4 Å². The Labute approximate surface area is 408 Å². The number of carbonyl (C=O) groups is 7. The van der Waals surface area contributed by atoms with Crippen LogP contribution in [0.2, 0.25) is 0 Å². The van der Waals surface area contributed by atoms with Crippen LogP contribution in [-0.2, 0) is 39.0 Å². The number of rotatable bonds is 21. The Bertz CT molecular complexity index is 2310. The number of pyridine rings is 1. The monoisotopic (exact) mass is 1030 g/mol.